The zero-order valence-electron chi connectivity index (χ0n) is 9.35. The van der Waals surface area contributed by atoms with E-state index in [1.54, 1.807) is 6.92 Å². The van der Waals surface area contributed by atoms with Gasteiger partial charge in [0.1, 0.15) is 0 Å². The summed E-state index contributed by atoms with van der Waals surface area (Å²) in [6, 6.07) is 3.57. The van der Waals surface area contributed by atoms with E-state index in [1.807, 2.05) is 0 Å². The lowest BCUT2D eigenvalue weighted by Gasteiger charge is -2.14. The second-order valence-electron chi connectivity index (χ2n) is 3.59. The fourth-order valence-corrected chi connectivity index (χ4v) is 2.69. The molecule has 0 aromatic heterocycles. The second kappa shape index (κ2) is 5.68. The Balaban J connectivity index is 3.01. The van der Waals surface area contributed by atoms with Crippen LogP contribution in [0.25, 0.3) is 0 Å². The van der Waals surface area contributed by atoms with Crippen LogP contribution in [0.4, 0.5) is 5.69 Å². The number of nitrogens with two attached hydrogens (primary N) is 1. The molecule has 0 spiro atoms. The molecular weight excluding hydrogens is 264 g/mol. The Morgan fingerprint density at radius 1 is 1.53 bits per heavy atom. The van der Waals surface area contributed by atoms with E-state index in [0.29, 0.717) is 11.4 Å². The fraction of sp³-hybridized carbons (Fsp3) is 0.400. The molecule has 0 radical (unpaired) electrons. The summed E-state index contributed by atoms with van der Waals surface area (Å²) in [5.74, 6) is 0. The number of hydrogen-bond donors (Lipinski definition) is 3. The lowest BCUT2D eigenvalue weighted by Crippen LogP contribution is -2.36. The Kier molecular flexibility index (Phi) is 4.76. The van der Waals surface area contributed by atoms with Crippen LogP contribution < -0.4 is 10.5 Å². The molecule has 0 aliphatic rings. The highest BCUT2D eigenvalue weighted by Crippen LogP contribution is 2.22. The maximum absolute atomic E-state index is 11.9. The number of sulfonamides is 1. The third-order valence-electron chi connectivity index (χ3n) is 2.31. The van der Waals surface area contributed by atoms with Crippen molar-refractivity contribution in [3.8, 4) is 0 Å². The van der Waals surface area contributed by atoms with Crippen molar-refractivity contribution in [1.29, 1.82) is 0 Å². The number of hydrogen-bond acceptors (Lipinski definition) is 4. The van der Waals surface area contributed by atoms with Crippen molar-refractivity contribution in [3.63, 3.8) is 0 Å². The van der Waals surface area contributed by atoms with Crippen LogP contribution in [0.5, 0.6) is 0 Å². The predicted molar refractivity (Wildman–Crippen MR) is 67.4 cm³/mol. The average molecular weight is 279 g/mol. The van der Waals surface area contributed by atoms with E-state index in [2.05, 4.69) is 4.72 Å². The topological polar surface area (TPSA) is 92.4 Å². The largest absolute Gasteiger partial charge is 0.397 e. The fourth-order valence-electron chi connectivity index (χ4n) is 1.23. The highest BCUT2D eigenvalue weighted by atomic mass is 35.5. The normalized spacial score (nSPS) is 13.6. The lowest BCUT2D eigenvalue weighted by atomic mass is 10.3. The van der Waals surface area contributed by atoms with Crippen LogP contribution in [-0.2, 0) is 10.0 Å². The maximum atomic E-state index is 11.9. The molecule has 17 heavy (non-hydrogen) atoms. The van der Waals surface area contributed by atoms with E-state index in [-0.39, 0.29) is 17.2 Å². The van der Waals surface area contributed by atoms with Gasteiger partial charge in [-0.05, 0) is 24.6 Å². The van der Waals surface area contributed by atoms with Crippen molar-refractivity contribution < 1.29 is 13.5 Å². The summed E-state index contributed by atoms with van der Waals surface area (Å²) >= 11 is 5.71. The van der Waals surface area contributed by atoms with Gasteiger partial charge in [-0.1, -0.05) is 18.5 Å². The minimum absolute atomic E-state index is 0.0336. The van der Waals surface area contributed by atoms with Crippen LogP contribution in [0, 0.1) is 0 Å². The first-order chi connectivity index (χ1) is 7.90. The van der Waals surface area contributed by atoms with Crippen LogP contribution in [0.3, 0.4) is 0 Å². The van der Waals surface area contributed by atoms with Crippen molar-refractivity contribution in [2.75, 3.05) is 12.3 Å². The summed E-state index contributed by atoms with van der Waals surface area (Å²) in [6.45, 7) is 1.53. The zero-order chi connectivity index (χ0) is 13.1. The van der Waals surface area contributed by atoms with E-state index in [4.69, 9.17) is 22.4 Å². The third kappa shape index (κ3) is 3.57. The standard InChI is InChI=1S/C10H15ClN2O3S/c1-2-7(6-14)13-17(15,16)8-3-4-9(11)10(12)5-8/h3-5,7,13-14H,2,6,12H2,1H3/t7-/m1/s1. The van der Waals surface area contributed by atoms with Crippen LogP contribution in [0.15, 0.2) is 23.1 Å². The third-order valence-corrected chi connectivity index (χ3v) is 4.18. The molecule has 4 N–H and O–H groups in total. The van der Waals surface area contributed by atoms with Crippen molar-refractivity contribution in [1.82, 2.24) is 4.72 Å². The molecule has 7 heteroatoms. The molecule has 0 amide bonds. The van der Waals surface area contributed by atoms with Crippen molar-refractivity contribution in [3.05, 3.63) is 23.2 Å². The Morgan fingerprint density at radius 2 is 2.18 bits per heavy atom. The molecule has 0 unspecified atom stereocenters. The van der Waals surface area contributed by atoms with Crippen LogP contribution in [0.1, 0.15) is 13.3 Å². The van der Waals surface area contributed by atoms with Gasteiger partial charge in [-0.15, -0.1) is 0 Å². The van der Waals surface area contributed by atoms with E-state index >= 15 is 0 Å². The molecule has 0 heterocycles. The Hall–Kier alpha value is -0.820. The number of benzene rings is 1. The van der Waals surface area contributed by atoms with Crippen LogP contribution >= 0.6 is 11.6 Å². The van der Waals surface area contributed by atoms with Crippen molar-refractivity contribution >= 4 is 27.3 Å². The molecule has 0 saturated heterocycles. The van der Waals surface area contributed by atoms with Gasteiger partial charge >= 0.3 is 0 Å². The first kappa shape index (κ1) is 14.2. The minimum Gasteiger partial charge on any atom is -0.397 e. The maximum Gasteiger partial charge on any atom is 0.240 e. The molecule has 1 atom stereocenters. The number of halogens is 1. The van der Waals surface area contributed by atoms with E-state index in [1.165, 1.54) is 18.2 Å². The second-order valence-corrected chi connectivity index (χ2v) is 5.71. The monoisotopic (exact) mass is 278 g/mol. The van der Waals surface area contributed by atoms with Gasteiger partial charge in [0.2, 0.25) is 10.0 Å². The quantitative estimate of drug-likeness (QED) is 0.700. The zero-order valence-corrected chi connectivity index (χ0v) is 10.9. The summed E-state index contributed by atoms with van der Waals surface area (Å²) in [4.78, 5) is 0.0336. The van der Waals surface area contributed by atoms with Gasteiger partial charge in [-0.2, -0.15) is 0 Å². The Labute approximate surface area is 106 Å². The highest BCUT2D eigenvalue weighted by molar-refractivity contribution is 7.89. The van der Waals surface area contributed by atoms with Crippen LogP contribution in [0.2, 0.25) is 5.02 Å². The Bertz CT molecular complexity index is 486. The first-order valence-corrected chi connectivity index (χ1v) is 6.95. The van der Waals surface area contributed by atoms with Gasteiger partial charge in [0.15, 0.2) is 0 Å². The summed E-state index contributed by atoms with van der Waals surface area (Å²) in [5.41, 5.74) is 5.74. The number of nitrogen functional groups attached to an aromatic ring is 1. The molecule has 1 rings (SSSR count). The van der Waals surface area contributed by atoms with Gasteiger partial charge in [-0.25, -0.2) is 13.1 Å². The lowest BCUT2D eigenvalue weighted by molar-refractivity contribution is 0.254. The number of rotatable bonds is 5. The molecule has 1 aromatic rings. The van der Waals surface area contributed by atoms with Gasteiger partial charge < -0.3 is 10.8 Å². The number of nitrogens with one attached hydrogen (secondary N) is 1. The summed E-state index contributed by atoms with van der Waals surface area (Å²) < 4.78 is 26.2. The molecule has 5 nitrogen and oxygen atoms in total. The molecular formula is C10H15ClN2O3S. The minimum atomic E-state index is -3.67. The highest BCUT2D eigenvalue weighted by Gasteiger charge is 2.19. The smallest absolute Gasteiger partial charge is 0.240 e. The van der Waals surface area contributed by atoms with Gasteiger partial charge in [0.05, 0.1) is 22.2 Å². The first-order valence-electron chi connectivity index (χ1n) is 5.09. The van der Waals surface area contributed by atoms with Gasteiger partial charge in [0, 0.05) is 6.04 Å². The predicted octanol–water partition coefficient (Wildman–Crippen LogP) is 0.971. The van der Waals surface area contributed by atoms with E-state index < -0.39 is 16.1 Å². The summed E-state index contributed by atoms with van der Waals surface area (Å²) in [5, 5.41) is 9.27. The summed E-state index contributed by atoms with van der Waals surface area (Å²) in [7, 11) is -3.67. The number of aliphatic hydroxyl groups excluding tert-OH is 1. The van der Waals surface area contributed by atoms with Crippen molar-refractivity contribution in [2.24, 2.45) is 0 Å². The summed E-state index contributed by atoms with van der Waals surface area (Å²) in [6.07, 6.45) is 0.499. The molecule has 0 bridgehead atoms. The van der Waals surface area contributed by atoms with E-state index in [9.17, 15) is 8.42 Å². The number of anilines is 1. The molecule has 0 aliphatic heterocycles. The van der Waals surface area contributed by atoms with Gasteiger partial charge in [-0.3, -0.25) is 0 Å². The SMILES string of the molecule is CC[C@H](CO)NS(=O)(=O)c1ccc(Cl)c(N)c1. The van der Waals surface area contributed by atoms with Gasteiger partial charge in [0.25, 0.3) is 0 Å². The molecule has 1 aromatic carbocycles. The molecule has 0 aliphatic carbocycles. The molecule has 96 valence electrons. The van der Waals surface area contributed by atoms with E-state index in [0.717, 1.165) is 0 Å². The Morgan fingerprint density at radius 3 is 2.65 bits per heavy atom. The average Bonchev–Trinajstić information content (AvgIpc) is 2.29. The van der Waals surface area contributed by atoms with Crippen molar-refractivity contribution in [2.45, 2.75) is 24.3 Å². The molecule has 0 fully saturated rings. The number of aliphatic hydroxyl groups is 1. The van der Waals surface area contributed by atoms with Crippen LogP contribution in [-0.4, -0.2) is 26.2 Å². The molecule has 0 saturated carbocycles.